The van der Waals surface area contributed by atoms with Gasteiger partial charge in [-0.1, -0.05) is 30.0 Å². The lowest BCUT2D eigenvalue weighted by atomic mass is 10.3. The standard InChI is InChI=1S/C20H18F3N7OS2/c1-12-9-15(20(21,22)23)30(27-12)18-24-14(10-32-18)17-25-26-19(29(17)3)33-11-16(31)28(2)13-7-5-4-6-8-13/h4-10H,11H2,1-3H3. The van der Waals surface area contributed by atoms with Crippen LogP contribution in [-0.4, -0.2) is 48.2 Å². The lowest BCUT2D eigenvalue weighted by Gasteiger charge is -2.16. The van der Waals surface area contributed by atoms with Crippen LogP contribution in [-0.2, 0) is 18.0 Å². The fourth-order valence-electron chi connectivity index (χ4n) is 2.99. The van der Waals surface area contributed by atoms with Gasteiger partial charge in [-0.3, -0.25) is 4.79 Å². The molecule has 1 aromatic carbocycles. The average Bonchev–Trinajstić information content (AvgIpc) is 3.50. The van der Waals surface area contributed by atoms with Crippen molar-refractivity contribution in [1.82, 2.24) is 29.5 Å². The number of carbonyl (C=O) groups excluding carboxylic acids is 1. The summed E-state index contributed by atoms with van der Waals surface area (Å²) in [4.78, 5) is 18.4. The zero-order valence-electron chi connectivity index (χ0n) is 17.7. The molecule has 0 saturated carbocycles. The summed E-state index contributed by atoms with van der Waals surface area (Å²) in [6, 6.07) is 10.2. The molecule has 0 unspecified atom stereocenters. The zero-order chi connectivity index (χ0) is 23.8. The maximum Gasteiger partial charge on any atom is 0.433 e. The number of rotatable bonds is 6. The van der Waals surface area contributed by atoms with E-state index in [0.29, 0.717) is 16.7 Å². The lowest BCUT2D eigenvalue weighted by Crippen LogP contribution is -2.27. The Hall–Kier alpha value is -3.19. The van der Waals surface area contributed by atoms with Crippen LogP contribution >= 0.6 is 23.1 Å². The van der Waals surface area contributed by atoms with Crippen LogP contribution in [0.15, 0.2) is 46.9 Å². The van der Waals surface area contributed by atoms with E-state index >= 15 is 0 Å². The molecule has 0 bridgehead atoms. The smallest absolute Gasteiger partial charge is 0.315 e. The second kappa shape index (κ2) is 8.98. The number of halogens is 3. The third-order valence-corrected chi connectivity index (χ3v) is 6.52. The number of amides is 1. The van der Waals surface area contributed by atoms with E-state index in [9.17, 15) is 18.0 Å². The van der Waals surface area contributed by atoms with Gasteiger partial charge in [-0.05, 0) is 25.1 Å². The number of nitrogens with zero attached hydrogens (tertiary/aromatic N) is 7. The number of thiazole rings is 1. The summed E-state index contributed by atoms with van der Waals surface area (Å²) in [5, 5.41) is 14.3. The second-order valence-corrected chi connectivity index (χ2v) is 8.82. The van der Waals surface area contributed by atoms with Gasteiger partial charge in [0.2, 0.25) is 11.0 Å². The van der Waals surface area contributed by atoms with E-state index in [0.717, 1.165) is 27.8 Å². The molecule has 0 aliphatic carbocycles. The van der Waals surface area contributed by atoms with Gasteiger partial charge in [0, 0.05) is 25.2 Å². The van der Waals surface area contributed by atoms with Crippen molar-refractivity contribution in [2.24, 2.45) is 7.05 Å². The van der Waals surface area contributed by atoms with E-state index in [1.165, 1.54) is 18.7 Å². The summed E-state index contributed by atoms with van der Waals surface area (Å²) < 4.78 is 42.4. The molecular weight excluding hydrogens is 475 g/mol. The normalized spacial score (nSPS) is 11.7. The Bertz CT molecular complexity index is 1280. The molecule has 0 aliphatic rings. The summed E-state index contributed by atoms with van der Waals surface area (Å²) in [6.45, 7) is 1.49. The Labute approximate surface area is 195 Å². The largest absolute Gasteiger partial charge is 0.433 e. The van der Waals surface area contributed by atoms with E-state index in [1.807, 2.05) is 30.3 Å². The third kappa shape index (κ3) is 4.78. The third-order valence-electron chi connectivity index (χ3n) is 4.70. The summed E-state index contributed by atoms with van der Waals surface area (Å²) in [5.41, 5.74) is 0.493. The Balaban J connectivity index is 1.50. The predicted octanol–water partition coefficient (Wildman–Crippen LogP) is 4.21. The molecule has 8 nitrogen and oxygen atoms in total. The Morgan fingerprint density at radius 2 is 1.94 bits per heavy atom. The zero-order valence-corrected chi connectivity index (χ0v) is 19.4. The molecule has 3 aromatic heterocycles. The SMILES string of the molecule is Cc1cc(C(F)(F)F)n(-c2nc(-c3nnc(SCC(=O)N(C)c4ccccc4)n3C)cs2)n1. The van der Waals surface area contributed by atoms with Crippen LogP contribution in [0, 0.1) is 6.92 Å². The van der Waals surface area contributed by atoms with Crippen molar-refractivity contribution < 1.29 is 18.0 Å². The van der Waals surface area contributed by atoms with Crippen LogP contribution in [0.3, 0.4) is 0 Å². The number of aryl methyl sites for hydroxylation is 1. The molecule has 0 N–H and O–H groups in total. The first-order valence-corrected chi connectivity index (χ1v) is 11.5. The van der Waals surface area contributed by atoms with E-state index in [-0.39, 0.29) is 22.5 Å². The first-order valence-electron chi connectivity index (χ1n) is 9.59. The van der Waals surface area contributed by atoms with E-state index in [1.54, 1.807) is 28.9 Å². The number of hydrogen-bond acceptors (Lipinski definition) is 7. The van der Waals surface area contributed by atoms with Gasteiger partial charge in [0.15, 0.2) is 16.7 Å². The minimum atomic E-state index is -4.55. The van der Waals surface area contributed by atoms with Gasteiger partial charge in [-0.15, -0.1) is 21.5 Å². The molecule has 0 saturated heterocycles. The second-order valence-electron chi connectivity index (χ2n) is 7.04. The molecule has 4 aromatic rings. The molecular formula is C20H18F3N7OS2. The van der Waals surface area contributed by atoms with Crippen molar-refractivity contribution in [3.05, 3.63) is 53.2 Å². The molecule has 3 heterocycles. The number of alkyl halides is 3. The maximum atomic E-state index is 13.3. The fourth-order valence-corrected chi connectivity index (χ4v) is 4.58. The van der Waals surface area contributed by atoms with E-state index in [2.05, 4.69) is 20.3 Å². The highest BCUT2D eigenvalue weighted by molar-refractivity contribution is 7.99. The summed E-state index contributed by atoms with van der Waals surface area (Å²) in [5.74, 6) is 0.406. The molecule has 33 heavy (non-hydrogen) atoms. The molecule has 0 radical (unpaired) electrons. The fraction of sp³-hybridized carbons (Fsp3) is 0.250. The van der Waals surface area contributed by atoms with Gasteiger partial charge in [0.25, 0.3) is 0 Å². The van der Waals surface area contributed by atoms with Crippen molar-refractivity contribution in [3.63, 3.8) is 0 Å². The Kier molecular flexibility index (Phi) is 6.26. The van der Waals surface area contributed by atoms with Crippen LogP contribution in [0.2, 0.25) is 0 Å². The van der Waals surface area contributed by atoms with Crippen molar-refractivity contribution in [3.8, 4) is 16.6 Å². The van der Waals surface area contributed by atoms with Gasteiger partial charge in [0.1, 0.15) is 5.69 Å². The van der Waals surface area contributed by atoms with Crippen molar-refractivity contribution in [2.75, 3.05) is 17.7 Å². The van der Waals surface area contributed by atoms with Crippen molar-refractivity contribution in [2.45, 2.75) is 18.3 Å². The average molecular weight is 494 g/mol. The minimum absolute atomic E-state index is 0.0716. The van der Waals surface area contributed by atoms with Crippen LogP contribution in [0.25, 0.3) is 16.6 Å². The van der Waals surface area contributed by atoms with Gasteiger partial charge in [-0.25, -0.2) is 9.67 Å². The molecule has 0 spiro atoms. The van der Waals surface area contributed by atoms with Crippen LogP contribution in [0.5, 0.6) is 0 Å². The number of benzene rings is 1. The number of aromatic nitrogens is 6. The molecule has 0 fully saturated rings. The Morgan fingerprint density at radius 1 is 1.21 bits per heavy atom. The number of anilines is 1. The minimum Gasteiger partial charge on any atom is -0.315 e. The molecule has 0 atom stereocenters. The van der Waals surface area contributed by atoms with Crippen molar-refractivity contribution >= 4 is 34.7 Å². The first kappa shape index (κ1) is 23.0. The topological polar surface area (TPSA) is 81.7 Å². The highest BCUT2D eigenvalue weighted by atomic mass is 32.2. The van der Waals surface area contributed by atoms with Gasteiger partial charge >= 0.3 is 6.18 Å². The first-order chi connectivity index (χ1) is 15.6. The lowest BCUT2D eigenvalue weighted by molar-refractivity contribution is -0.142. The number of hydrogen-bond donors (Lipinski definition) is 0. The molecule has 1 amide bonds. The Morgan fingerprint density at radius 3 is 2.64 bits per heavy atom. The molecule has 13 heteroatoms. The van der Waals surface area contributed by atoms with Crippen LogP contribution in [0.1, 0.15) is 11.4 Å². The number of thioether (sulfide) groups is 1. The van der Waals surface area contributed by atoms with Gasteiger partial charge in [-0.2, -0.15) is 18.3 Å². The molecule has 0 aliphatic heterocycles. The summed E-state index contributed by atoms with van der Waals surface area (Å²) in [7, 11) is 3.41. The van der Waals surface area contributed by atoms with Crippen molar-refractivity contribution in [1.29, 1.82) is 0 Å². The van der Waals surface area contributed by atoms with Gasteiger partial charge in [0.05, 0.1) is 11.4 Å². The van der Waals surface area contributed by atoms with E-state index < -0.39 is 11.9 Å². The quantitative estimate of drug-likeness (QED) is 0.375. The molecule has 4 rings (SSSR count). The predicted molar refractivity (Wildman–Crippen MR) is 120 cm³/mol. The molecule has 172 valence electrons. The highest BCUT2D eigenvalue weighted by Gasteiger charge is 2.36. The monoisotopic (exact) mass is 493 g/mol. The highest BCUT2D eigenvalue weighted by Crippen LogP contribution is 2.33. The number of carbonyl (C=O) groups is 1. The number of para-hydroxylation sites is 1. The van der Waals surface area contributed by atoms with Gasteiger partial charge < -0.3 is 9.47 Å². The van der Waals surface area contributed by atoms with Crippen LogP contribution < -0.4 is 4.90 Å². The van der Waals surface area contributed by atoms with E-state index in [4.69, 9.17) is 0 Å². The van der Waals surface area contributed by atoms with Crippen LogP contribution in [0.4, 0.5) is 18.9 Å². The maximum absolute atomic E-state index is 13.3. The summed E-state index contributed by atoms with van der Waals surface area (Å²) >= 11 is 2.23. The summed E-state index contributed by atoms with van der Waals surface area (Å²) in [6.07, 6.45) is -4.55.